The minimum Gasteiger partial charge on any atom is -0.276 e. The van der Waals surface area contributed by atoms with Gasteiger partial charge >= 0.3 is 7.82 Å². The van der Waals surface area contributed by atoms with Crippen molar-refractivity contribution in [2.24, 2.45) is 0 Å². The van der Waals surface area contributed by atoms with Crippen molar-refractivity contribution in [1.29, 1.82) is 0 Å². The van der Waals surface area contributed by atoms with E-state index >= 15 is 0 Å². The van der Waals surface area contributed by atoms with Crippen molar-refractivity contribution in [1.82, 2.24) is 0 Å². The van der Waals surface area contributed by atoms with Gasteiger partial charge in [-0.05, 0) is 0 Å². The molecule has 0 aliphatic rings. The van der Waals surface area contributed by atoms with Crippen LogP contribution in [-0.4, -0.2) is 17.8 Å². The monoisotopic (exact) mass is 236 g/mol. The highest BCUT2D eigenvalue weighted by atomic mass is 32.1. The Hall–Kier alpha value is 1.16. The summed E-state index contributed by atoms with van der Waals surface area (Å²) in [6.07, 6.45) is 0. The molecule has 0 fully saturated rings. The Morgan fingerprint density at radius 2 is 1.18 bits per heavy atom. The molecule has 8 heteroatoms. The number of thiol groups is 3. The third-order valence-electron chi connectivity index (χ3n) is 0.648. The summed E-state index contributed by atoms with van der Waals surface area (Å²) in [6.45, 7) is 0. The SMILES string of the molecule is O=P(OCS)(OCS)OCS. The van der Waals surface area contributed by atoms with Gasteiger partial charge in [-0.3, -0.25) is 13.6 Å². The molecule has 0 amide bonds. The molecule has 0 saturated carbocycles. The molecule has 0 atom stereocenters. The Kier molecular flexibility index (Phi) is 7.35. The van der Waals surface area contributed by atoms with E-state index in [1.165, 1.54) is 0 Å². The highest BCUT2D eigenvalue weighted by molar-refractivity contribution is 7.81. The summed E-state index contributed by atoms with van der Waals surface area (Å²) < 4.78 is 25.0. The summed E-state index contributed by atoms with van der Waals surface area (Å²) in [7, 11) is -3.45. The molecule has 0 spiro atoms. The molecule has 68 valence electrons. The number of phosphoric ester groups is 1. The number of phosphoric acid groups is 1. The van der Waals surface area contributed by atoms with Gasteiger partial charge in [0.1, 0.15) is 17.8 Å². The molecule has 0 rings (SSSR count). The molecule has 0 aromatic rings. The molecule has 0 aliphatic heterocycles. The van der Waals surface area contributed by atoms with Crippen molar-refractivity contribution in [3.63, 3.8) is 0 Å². The summed E-state index contributed by atoms with van der Waals surface area (Å²) >= 11 is 11.1. The lowest BCUT2D eigenvalue weighted by molar-refractivity contribution is 0.163. The lowest BCUT2D eigenvalue weighted by atomic mass is 11.7. The predicted molar refractivity (Wildman–Crippen MR) is 52.4 cm³/mol. The van der Waals surface area contributed by atoms with Crippen LogP contribution in [0.4, 0.5) is 0 Å². The Bertz CT molecular complexity index is 119. The quantitative estimate of drug-likeness (QED) is 0.374. The van der Waals surface area contributed by atoms with Gasteiger partial charge in [-0.15, -0.1) is 0 Å². The first-order valence-electron chi connectivity index (χ1n) is 2.55. The van der Waals surface area contributed by atoms with Gasteiger partial charge in [0.05, 0.1) is 0 Å². The predicted octanol–water partition coefficient (Wildman–Crippen LogP) is 1.81. The number of rotatable bonds is 6. The first-order valence-corrected chi connectivity index (χ1v) is 5.90. The second kappa shape index (κ2) is 6.65. The molecule has 0 N–H and O–H groups in total. The van der Waals surface area contributed by atoms with Gasteiger partial charge < -0.3 is 0 Å². The molecule has 0 bridgehead atoms. The fourth-order valence-electron chi connectivity index (χ4n) is 0.324. The maximum Gasteiger partial charge on any atom is 0.477 e. The fraction of sp³-hybridized carbons (Fsp3) is 1.00. The molecule has 0 heterocycles. The molecule has 0 aliphatic carbocycles. The van der Waals surface area contributed by atoms with Crippen LogP contribution in [-0.2, 0) is 18.1 Å². The van der Waals surface area contributed by atoms with E-state index in [9.17, 15) is 4.57 Å². The second-order valence-electron chi connectivity index (χ2n) is 1.22. The highest BCUT2D eigenvalue weighted by Gasteiger charge is 2.24. The Morgan fingerprint density at radius 1 is 0.909 bits per heavy atom. The van der Waals surface area contributed by atoms with Gasteiger partial charge in [0.15, 0.2) is 0 Å². The van der Waals surface area contributed by atoms with Gasteiger partial charge in [0.25, 0.3) is 0 Å². The first-order chi connectivity index (χ1) is 5.18. The van der Waals surface area contributed by atoms with Gasteiger partial charge in [0.2, 0.25) is 0 Å². The van der Waals surface area contributed by atoms with E-state index in [4.69, 9.17) is 0 Å². The zero-order chi connectivity index (χ0) is 8.74. The van der Waals surface area contributed by atoms with Crippen LogP contribution in [0, 0.1) is 0 Å². The van der Waals surface area contributed by atoms with Gasteiger partial charge in [-0.1, -0.05) is 0 Å². The number of hydrogen-bond acceptors (Lipinski definition) is 7. The van der Waals surface area contributed by atoms with Crippen LogP contribution in [0.5, 0.6) is 0 Å². The topological polar surface area (TPSA) is 44.8 Å². The van der Waals surface area contributed by atoms with E-state index in [1.807, 2.05) is 0 Å². The van der Waals surface area contributed by atoms with Gasteiger partial charge in [-0.2, -0.15) is 37.9 Å². The van der Waals surface area contributed by atoms with Crippen LogP contribution in [0.15, 0.2) is 0 Å². The van der Waals surface area contributed by atoms with E-state index < -0.39 is 7.82 Å². The molecular weight excluding hydrogens is 227 g/mol. The molecule has 0 aromatic heterocycles. The number of hydrogen-bond donors (Lipinski definition) is 3. The summed E-state index contributed by atoms with van der Waals surface area (Å²) in [6, 6.07) is 0. The van der Waals surface area contributed by atoms with Crippen molar-refractivity contribution in [2.45, 2.75) is 0 Å². The smallest absolute Gasteiger partial charge is 0.276 e. The van der Waals surface area contributed by atoms with Crippen LogP contribution in [0.3, 0.4) is 0 Å². The summed E-state index contributed by atoms with van der Waals surface area (Å²) in [5, 5.41) is 0. The maximum absolute atomic E-state index is 11.2. The van der Waals surface area contributed by atoms with Crippen molar-refractivity contribution in [2.75, 3.05) is 17.8 Å². The van der Waals surface area contributed by atoms with Crippen LogP contribution in [0.25, 0.3) is 0 Å². The van der Waals surface area contributed by atoms with E-state index in [-0.39, 0.29) is 17.8 Å². The minimum atomic E-state index is -3.45. The summed E-state index contributed by atoms with van der Waals surface area (Å²) in [4.78, 5) is 0. The van der Waals surface area contributed by atoms with E-state index in [0.29, 0.717) is 0 Å². The van der Waals surface area contributed by atoms with Crippen molar-refractivity contribution >= 4 is 45.7 Å². The molecule has 11 heavy (non-hydrogen) atoms. The summed E-state index contributed by atoms with van der Waals surface area (Å²) in [5.74, 6) is -0.128. The van der Waals surface area contributed by atoms with Crippen molar-refractivity contribution in [3.8, 4) is 0 Å². The summed E-state index contributed by atoms with van der Waals surface area (Å²) in [5.41, 5.74) is 0. The van der Waals surface area contributed by atoms with Gasteiger partial charge in [-0.25, -0.2) is 4.57 Å². The molecule has 0 radical (unpaired) electrons. The molecule has 0 aromatic carbocycles. The lowest BCUT2D eigenvalue weighted by Crippen LogP contribution is -1.96. The fourth-order valence-corrected chi connectivity index (χ4v) is 2.24. The van der Waals surface area contributed by atoms with Crippen LogP contribution >= 0.6 is 45.7 Å². The first kappa shape index (κ1) is 12.2. The minimum absolute atomic E-state index is 0.0428. The standard InChI is InChI=1S/C3H9O4PS3/c4-8(5-1-9,6-2-10)7-3-11/h9-11H,1-3H2. The van der Waals surface area contributed by atoms with Crippen molar-refractivity contribution < 1.29 is 18.1 Å². The van der Waals surface area contributed by atoms with Gasteiger partial charge in [0, 0.05) is 0 Å². The van der Waals surface area contributed by atoms with E-state index in [2.05, 4.69) is 51.5 Å². The third-order valence-corrected chi connectivity index (χ3v) is 2.98. The normalized spacial score (nSPS) is 11.9. The van der Waals surface area contributed by atoms with Crippen LogP contribution in [0.2, 0.25) is 0 Å². The second-order valence-corrected chi connectivity index (χ2v) is 3.67. The molecule has 4 nitrogen and oxygen atoms in total. The average Bonchev–Trinajstić information content (AvgIpc) is 1.88. The van der Waals surface area contributed by atoms with Crippen LogP contribution < -0.4 is 0 Å². The van der Waals surface area contributed by atoms with E-state index in [0.717, 1.165) is 0 Å². The highest BCUT2D eigenvalue weighted by Crippen LogP contribution is 2.49. The molecule has 0 unspecified atom stereocenters. The average molecular weight is 236 g/mol. The zero-order valence-electron chi connectivity index (χ0n) is 5.54. The molecule has 0 saturated heterocycles. The maximum atomic E-state index is 11.2. The Balaban J connectivity index is 3.91. The largest absolute Gasteiger partial charge is 0.477 e. The molecular formula is C3H9O4PS3. The lowest BCUT2D eigenvalue weighted by Gasteiger charge is -2.13. The Labute approximate surface area is 81.8 Å². The van der Waals surface area contributed by atoms with Crippen LogP contribution in [0.1, 0.15) is 0 Å². The zero-order valence-corrected chi connectivity index (χ0v) is 9.12. The van der Waals surface area contributed by atoms with E-state index in [1.54, 1.807) is 0 Å². The van der Waals surface area contributed by atoms with Crippen molar-refractivity contribution in [3.05, 3.63) is 0 Å². The third kappa shape index (κ3) is 5.41. The Morgan fingerprint density at radius 3 is 1.36 bits per heavy atom.